The molecular weight excluding hydrogens is 296 g/mol. The van der Waals surface area contributed by atoms with Crippen molar-refractivity contribution in [1.29, 1.82) is 0 Å². The molecule has 1 atom stereocenters. The Balaban J connectivity index is 1.61. The molecule has 3 rings (SSSR count). The Morgan fingerprint density at radius 1 is 1.17 bits per heavy atom. The first kappa shape index (κ1) is 15.8. The van der Waals surface area contributed by atoms with Gasteiger partial charge in [0.2, 0.25) is 0 Å². The van der Waals surface area contributed by atoms with Crippen LogP contribution in [0.1, 0.15) is 37.3 Å². The summed E-state index contributed by atoms with van der Waals surface area (Å²) in [6.07, 6.45) is 3.79. The number of rotatable bonds is 3. The van der Waals surface area contributed by atoms with Gasteiger partial charge in [0.25, 0.3) is 0 Å². The van der Waals surface area contributed by atoms with Gasteiger partial charge in [-0.15, -0.1) is 0 Å². The second-order valence-corrected chi connectivity index (χ2v) is 6.25. The number of nitrogens with zero attached hydrogens (tertiary/aromatic N) is 1. The van der Waals surface area contributed by atoms with Crippen molar-refractivity contribution in [3.05, 3.63) is 35.9 Å². The van der Waals surface area contributed by atoms with E-state index in [1.54, 1.807) is 29.2 Å². The first-order chi connectivity index (χ1) is 11.1. The minimum Gasteiger partial charge on any atom is -0.479 e. The topological polar surface area (TPSA) is 78.9 Å². The Bertz CT molecular complexity index is 559. The third-order valence-electron chi connectivity index (χ3n) is 4.79. The largest absolute Gasteiger partial charge is 0.479 e. The molecule has 0 saturated carbocycles. The fourth-order valence-corrected chi connectivity index (χ4v) is 3.41. The normalized spacial score (nSPS) is 21.1. The molecule has 2 fully saturated rings. The number of carbonyl (C=O) groups is 2. The number of ether oxygens (including phenoxy) is 1. The van der Waals surface area contributed by atoms with Gasteiger partial charge in [-0.25, -0.2) is 9.59 Å². The van der Waals surface area contributed by atoms with Crippen molar-refractivity contribution in [3.63, 3.8) is 0 Å². The average Bonchev–Trinajstić information content (AvgIpc) is 3.01. The average molecular weight is 318 g/mol. The molecule has 0 unspecified atom stereocenters. The first-order valence-corrected chi connectivity index (χ1v) is 8.07. The third-order valence-corrected chi connectivity index (χ3v) is 4.79. The molecule has 2 aliphatic rings. The number of likely N-dealkylation sites (tertiary alicyclic amines) is 1. The van der Waals surface area contributed by atoms with Crippen LogP contribution in [0.5, 0.6) is 0 Å². The van der Waals surface area contributed by atoms with Crippen molar-refractivity contribution in [2.24, 2.45) is 0 Å². The highest BCUT2D eigenvalue weighted by atomic mass is 16.5. The van der Waals surface area contributed by atoms with Gasteiger partial charge >= 0.3 is 12.0 Å². The smallest absolute Gasteiger partial charge is 0.330 e. The van der Waals surface area contributed by atoms with Crippen LogP contribution < -0.4 is 5.32 Å². The van der Waals surface area contributed by atoms with Crippen LogP contribution >= 0.6 is 0 Å². The summed E-state index contributed by atoms with van der Waals surface area (Å²) in [5, 5.41) is 12.0. The van der Waals surface area contributed by atoms with E-state index in [-0.39, 0.29) is 11.6 Å². The summed E-state index contributed by atoms with van der Waals surface area (Å²) < 4.78 is 5.85. The molecule has 0 bridgehead atoms. The molecule has 124 valence electrons. The molecule has 6 nitrogen and oxygen atoms in total. The molecule has 2 N–H and O–H groups in total. The minimum atomic E-state index is -1.06. The second kappa shape index (κ2) is 6.58. The van der Waals surface area contributed by atoms with Gasteiger partial charge < -0.3 is 20.1 Å². The number of hydrogen-bond donors (Lipinski definition) is 2. The highest BCUT2D eigenvalue weighted by Crippen LogP contribution is 2.35. The predicted octanol–water partition coefficient (Wildman–Crippen LogP) is 2.17. The summed E-state index contributed by atoms with van der Waals surface area (Å²) in [5.41, 5.74) is 0.517. The maximum Gasteiger partial charge on any atom is 0.330 e. The van der Waals surface area contributed by atoms with Gasteiger partial charge in [-0.3, -0.25) is 0 Å². The molecule has 1 aromatic carbocycles. The number of aliphatic carboxylic acids is 1. The summed E-state index contributed by atoms with van der Waals surface area (Å²) in [4.78, 5) is 25.6. The third kappa shape index (κ3) is 3.47. The molecule has 0 aliphatic carbocycles. The molecule has 6 heteroatoms. The van der Waals surface area contributed by atoms with E-state index in [2.05, 4.69) is 5.32 Å². The lowest BCUT2D eigenvalue weighted by Crippen LogP contribution is -2.51. The first-order valence-electron chi connectivity index (χ1n) is 8.07. The summed E-state index contributed by atoms with van der Waals surface area (Å²) in [7, 11) is 0. The van der Waals surface area contributed by atoms with E-state index in [0.717, 1.165) is 32.3 Å². The highest BCUT2D eigenvalue weighted by molar-refractivity contribution is 5.83. The number of amides is 2. The highest BCUT2D eigenvalue weighted by Gasteiger charge is 2.39. The van der Waals surface area contributed by atoms with Crippen molar-refractivity contribution in [1.82, 2.24) is 10.2 Å². The van der Waals surface area contributed by atoms with Crippen molar-refractivity contribution < 1.29 is 19.4 Å². The minimum absolute atomic E-state index is 0.0532. The van der Waals surface area contributed by atoms with Gasteiger partial charge in [0.15, 0.2) is 6.04 Å². The zero-order valence-electron chi connectivity index (χ0n) is 13.0. The second-order valence-electron chi connectivity index (χ2n) is 6.25. The van der Waals surface area contributed by atoms with Crippen LogP contribution in [0.4, 0.5) is 4.79 Å². The number of carboxylic acid groups (broad SMARTS) is 1. The molecule has 2 heterocycles. The Kier molecular flexibility index (Phi) is 4.52. The van der Waals surface area contributed by atoms with Crippen LogP contribution in [0.2, 0.25) is 0 Å². The Morgan fingerprint density at radius 2 is 1.87 bits per heavy atom. The van der Waals surface area contributed by atoms with Crippen LogP contribution in [0.3, 0.4) is 0 Å². The maximum absolute atomic E-state index is 12.4. The lowest BCUT2D eigenvalue weighted by atomic mass is 9.89. The van der Waals surface area contributed by atoms with Gasteiger partial charge in [-0.05, 0) is 31.2 Å². The van der Waals surface area contributed by atoms with Crippen LogP contribution in [0, 0.1) is 0 Å². The number of benzene rings is 1. The number of urea groups is 1. The SMILES string of the molecule is O=C(O)[C@@H](NC(=O)N1CCC2(CCCO2)CC1)c1ccccc1. The summed E-state index contributed by atoms with van der Waals surface area (Å²) >= 11 is 0. The molecule has 2 aliphatic heterocycles. The predicted molar refractivity (Wildman–Crippen MR) is 84.1 cm³/mol. The maximum atomic E-state index is 12.4. The van der Waals surface area contributed by atoms with E-state index in [1.165, 1.54) is 0 Å². The molecular formula is C17H22N2O4. The van der Waals surface area contributed by atoms with Crippen molar-refractivity contribution in [3.8, 4) is 0 Å². The Morgan fingerprint density at radius 3 is 2.43 bits per heavy atom. The van der Waals surface area contributed by atoms with Crippen molar-refractivity contribution in [2.45, 2.75) is 37.3 Å². The zero-order chi connectivity index (χ0) is 16.3. The number of hydrogen-bond acceptors (Lipinski definition) is 3. The molecule has 1 spiro atoms. The van der Waals surface area contributed by atoms with E-state index >= 15 is 0 Å². The zero-order valence-corrected chi connectivity index (χ0v) is 13.0. The summed E-state index contributed by atoms with van der Waals surface area (Å²) in [5.74, 6) is -1.06. The van der Waals surface area contributed by atoms with Gasteiger partial charge in [0, 0.05) is 19.7 Å². The van der Waals surface area contributed by atoms with Crippen LogP contribution in [-0.4, -0.2) is 47.3 Å². The fraction of sp³-hybridized carbons (Fsp3) is 0.529. The van der Waals surface area contributed by atoms with E-state index in [1.807, 2.05) is 6.07 Å². The molecule has 23 heavy (non-hydrogen) atoms. The Hall–Kier alpha value is -2.08. The number of carbonyl (C=O) groups excluding carboxylic acids is 1. The summed E-state index contributed by atoms with van der Waals surface area (Å²) in [6.45, 7) is 2.02. The van der Waals surface area contributed by atoms with Crippen molar-refractivity contribution >= 4 is 12.0 Å². The quantitative estimate of drug-likeness (QED) is 0.895. The van der Waals surface area contributed by atoms with E-state index < -0.39 is 12.0 Å². The van der Waals surface area contributed by atoms with E-state index in [4.69, 9.17) is 4.74 Å². The molecule has 0 radical (unpaired) electrons. The van der Waals surface area contributed by atoms with Gasteiger partial charge in [0.05, 0.1) is 5.60 Å². The Labute approximate surface area is 135 Å². The molecule has 1 aromatic rings. The van der Waals surface area contributed by atoms with Crippen LogP contribution in [0.25, 0.3) is 0 Å². The number of nitrogens with one attached hydrogen (secondary N) is 1. The van der Waals surface area contributed by atoms with Gasteiger partial charge in [0.1, 0.15) is 0 Å². The standard InChI is InChI=1S/C17H22N2O4/c20-15(21)14(13-5-2-1-3-6-13)18-16(22)19-10-8-17(9-11-19)7-4-12-23-17/h1-3,5-6,14H,4,7-12H2,(H,18,22)(H,20,21)/t14-/m0/s1. The fourth-order valence-electron chi connectivity index (χ4n) is 3.41. The lowest BCUT2D eigenvalue weighted by molar-refractivity contribution is -0.139. The van der Waals surface area contributed by atoms with Crippen LogP contribution in [-0.2, 0) is 9.53 Å². The summed E-state index contributed by atoms with van der Waals surface area (Å²) in [6, 6.07) is 7.40. The van der Waals surface area contributed by atoms with E-state index in [0.29, 0.717) is 18.7 Å². The monoisotopic (exact) mass is 318 g/mol. The van der Waals surface area contributed by atoms with Crippen LogP contribution in [0.15, 0.2) is 30.3 Å². The molecule has 2 saturated heterocycles. The van der Waals surface area contributed by atoms with Crippen molar-refractivity contribution in [2.75, 3.05) is 19.7 Å². The molecule has 0 aromatic heterocycles. The van der Waals surface area contributed by atoms with Gasteiger partial charge in [-0.1, -0.05) is 30.3 Å². The molecule has 2 amide bonds. The number of carboxylic acids is 1. The van der Waals surface area contributed by atoms with E-state index in [9.17, 15) is 14.7 Å². The lowest BCUT2D eigenvalue weighted by Gasteiger charge is -2.38. The van der Waals surface area contributed by atoms with Gasteiger partial charge in [-0.2, -0.15) is 0 Å². The number of piperidine rings is 1.